The highest BCUT2D eigenvalue weighted by molar-refractivity contribution is 7.13. The molecule has 0 bridgehead atoms. The highest BCUT2D eigenvalue weighted by atomic mass is 32.1. The summed E-state index contributed by atoms with van der Waals surface area (Å²) in [5.41, 5.74) is 2.26. The largest absolute Gasteiger partial charge is 0.339 e. The first-order valence-corrected chi connectivity index (χ1v) is 8.87. The van der Waals surface area contributed by atoms with E-state index in [1.165, 1.54) is 5.56 Å². The van der Waals surface area contributed by atoms with E-state index in [9.17, 15) is 4.79 Å². The number of fused-ring (bicyclic) bond motifs is 1. The van der Waals surface area contributed by atoms with Crippen molar-refractivity contribution in [3.8, 4) is 10.7 Å². The third-order valence-corrected chi connectivity index (χ3v) is 5.10. The van der Waals surface area contributed by atoms with Gasteiger partial charge in [-0.2, -0.15) is 4.98 Å². The molecule has 0 spiro atoms. The van der Waals surface area contributed by atoms with Crippen molar-refractivity contribution in [1.82, 2.24) is 10.1 Å². The summed E-state index contributed by atoms with van der Waals surface area (Å²) >= 11 is 1.57. The number of amides is 1. The molecule has 4 rings (SSSR count). The molecule has 0 N–H and O–H groups in total. The van der Waals surface area contributed by atoms with Crippen LogP contribution in [-0.2, 0) is 17.6 Å². The molecular weight excluding hydrogens is 322 g/mol. The lowest BCUT2D eigenvalue weighted by Gasteiger charge is -2.22. The molecule has 1 amide bonds. The van der Waals surface area contributed by atoms with Crippen LogP contribution >= 0.6 is 11.3 Å². The number of rotatable bonds is 4. The van der Waals surface area contributed by atoms with Crippen LogP contribution in [0.2, 0.25) is 0 Å². The number of aromatic nitrogens is 2. The van der Waals surface area contributed by atoms with Crippen LogP contribution in [-0.4, -0.2) is 22.1 Å². The maximum atomic E-state index is 12.7. The van der Waals surface area contributed by atoms with Crippen molar-refractivity contribution in [2.24, 2.45) is 0 Å². The van der Waals surface area contributed by atoms with Gasteiger partial charge in [-0.15, -0.1) is 11.3 Å². The number of thiophene rings is 1. The Kier molecular flexibility index (Phi) is 3.90. The molecule has 24 heavy (non-hydrogen) atoms. The van der Waals surface area contributed by atoms with E-state index in [0.29, 0.717) is 24.6 Å². The molecule has 0 unspecified atom stereocenters. The van der Waals surface area contributed by atoms with Gasteiger partial charge >= 0.3 is 0 Å². The normalized spacial score (nSPS) is 16.4. The number of aryl methyl sites for hydroxylation is 1. The molecule has 1 aromatic carbocycles. The Bertz CT molecular complexity index is 857. The van der Waals surface area contributed by atoms with Crippen LogP contribution in [0.3, 0.4) is 0 Å². The smallest absolute Gasteiger partial charge is 0.227 e. The van der Waals surface area contributed by atoms with Crippen molar-refractivity contribution < 1.29 is 9.32 Å². The summed E-state index contributed by atoms with van der Waals surface area (Å²) in [6.45, 7) is 2.08. The summed E-state index contributed by atoms with van der Waals surface area (Å²) in [4.78, 5) is 19.9. The number of carbonyl (C=O) groups is 1. The Hall–Kier alpha value is -2.47. The van der Waals surface area contributed by atoms with Crippen LogP contribution in [0.1, 0.15) is 24.8 Å². The number of benzene rings is 1. The van der Waals surface area contributed by atoms with E-state index in [-0.39, 0.29) is 11.9 Å². The van der Waals surface area contributed by atoms with Crippen LogP contribution in [0.4, 0.5) is 5.69 Å². The van der Waals surface area contributed by atoms with Gasteiger partial charge in [0.25, 0.3) is 0 Å². The molecule has 3 heterocycles. The Morgan fingerprint density at radius 2 is 2.21 bits per heavy atom. The Labute approximate surface area is 143 Å². The number of anilines is 1. The Morgan fingerprint density at radius 1 is 1.33 bits per heavy atom. The molecule has 1 aliphatic heterocycles. The van der Waals surface area contributed by atoms with Crippen molar-refractivity contribution in [2.45, 2.75) is 32.2 Å². The van der Waals surface area contributed by atoms with E-state index in [4.69, 9.17) is 4.52 Å². The number of para-hydroxylation sites is 1. The fourth-order valence-corrected chi connectivity index (χ4v) is 3.79. The van der Waals surface area contributed by atoms with Gasteiger partial charge in [-0.05, 0) is 36.4 Å². The van der Waals surface area contributed by atoms with E-state index in [1.54, 1.807) is 11.3 Å². The monoisotopic (exact) mass is 339 g/mol. The standard InChI is InChI=1S/C18H17N3O2S/c1-12-11-13-5-2-3-6-14(13)21(12)17(22)9-8-16-19-18(20-23-16)15-7-4-10-24-15/h2-7,10,12H,8-9,11H2,1H3/t12-/m0/s1. The summed E-state index contributed by atoms with van der Waals surface area (Å²) in [5.74, 6) is 1.20. The molecule has 6 heteroatoms. The third-order valence-electron chi connectivity index (χ3n) is 4.24. The lowest BCUT2D eigenvalue weighted by Crippen LogP contribution is -2.35. The summed E-state index contributed by atoms with van der Waals surface area (Å²) in [7, 11) is 0. The van der Waals surface area contributed by atoms with Crippen LogP contribution in [0.25, 0.3) is 10.7 Å². The van der Waals surface area contributed by atoms with E-state index in [2.05, 4.69) is 23.1 Å². The number of nitrogens with zero attached hydrogens (tertiary/aromatic N) is 3. The third kappa shape index (κ3) is 2.73. The van der Waals surface area contributed by atoms with E-state index in [0.717, 1.165) is 17.0 Å². The predicted octanol–water partition coefficient (Wildman–Crippen LogP) is 3.71. The van der Waals surface area contributed by atoms with Gasteiger partial charge in [-0.1, -0.05) is 29.4 Å². The van der Waals surface area contributed by atoms with Crippen LogP contribution < -0.4 is 4.90 Å². The van der Waals surface area contributed by atoms with Crippen molar-refractivity contribution in [1.29, 1.82) is 0 Å². The number of hydrogen-bond acceptors (Lipinski definition) is 5. The number of carbonyl (C=O) groups excluding carboxylic acids is 1. The first-order chi connectivity index (χ1) is 11.7. The van der Waals surface area contributed by atoms with Gasteiger partial charge < -0.3 is 9.42 Å². The zero-order valence-electron chi connectivity index (χ0n) is 13.3. The second-order valence-electron chi connectivity index (χ2n) is 5.93. The molecule has 1 atom stereocenters. The summed E-state index contributed by atoms with van der Waals surface area (Å²) in [6, 6.07) is 12.2. The summed E-state index contributed by atoms with van der Waals surface area (Å²) in [5, 5.41) is 5.96. The van der Waals surface area contributed by atoms with Crippen molar-refractivity contribution in [3.05, 3.63) is 53.2 Å². The van der Waals surface area contributed by atoms with Crippen molar-refractivity contribution >= 4 is 22.9 Å². The molecular formula is C18H17N3O2S. The Balaban J connectivity index is 1.44. The average Bonchev–Trinajstić information content (AvgIpc) is 3.31. The first-order valence-electron chi connectivity index (χ1n) is 7.99. The van der Waals surface area contributed by atoms with Gasteiger partial charge in [0, 0.05) is 24.6 Å². The fourth-order valence-electron chi connectivity index (χ4n) is 3.14. The maximum Gasteiger partial charge on any atom is 0.227 e. The molecule has 0 aliphatic carbocycles. The van der Waals surface area contributed by atoms with Gasteiger partial charge in [0.05, 0.1) is 4.88 Å². The Morgan fingerprint density at radius 3 is 3.04 bits per heavy atom. The van der Waals surface area contributed by atoms with E-state index in [1.807, 2.05) is 40.6 Å². The van der Waals surface area contributed by atoms with Crippen molar-refractivity contribution in [3.63, 3.8) is 0 Å². The lowest BCUT2D eigenvalue weighted by atomic mass is 10.1. The van der Waals surface area contributed by atoms with Gasteiger partial charge in [-0.3, -0.25) is 4.79 Å². The second kappa shape index (κ2) is 6.20. The molecule has 3 aromatic rings. The highest BCUT2D eigenvalue weighted by Crippen LogP contribution is 2.32. The van der Waals surface area contributed by atoms with E-state index < -0.39 is 0 Å². The minimum Gasteiger partial charge on any atom is -0.339 e. The molecule has 2 aromatic heterocycles. The molecule has 1 aliphatic rings. The number of hydrogen-bond donors (Lipinski definition) is 0. The van der Waals surface area contributed by atoms with Crippen LogP contribution in [0.5, 0.6) is 0 Å². The molecule has 0 saturated carbocycles. The SMILES string of the molecule is C[C@H]1Cc2ccccc2N1C(=O)CCc1nc(-c2cccs2)no1. The molecule has 0 fully saturated rings. The topological polar surface area (TPSA) is 59.2 Å². The van der Waals surface area contributed by atoms with Gasteiger partial charge in [0.1, 0.15) is 0 Å². The fraction of sp³-hybridized carbons (Fsp3) is 0.278. The molecule has 0 radical (unpaired) electrons. The molecule has 122 valence electrons. The van der Waals surface area contributed by atoms with Crippen molar-refractivity contribution in [2.75, 3.05) is 4.90 Å². The van der Waals surface area contributed by atoms with Gasteiger partial charge in [0.2, 0.25) is 17.6 Å². The van der Waals surface area contributed by atoms with E-state index >= 15 is 0 Å². The zero-order valence-corrected chi connectivity index (χ0v) is 14.1. The van der Waals surface area contributed by atoms with Crippen LogP contribution in [0.15, 0.2) is 46.3 Å². The predicted molar refractivity (Wildman–Crippen MR) is 93.0 cm³/mol. The molecule has 0 saturated heterocycles. The van der Waals surface area contributed by atoms with Gasteiger partial charge in [0.15, 0.2) is 0 Å². The quantitative estimate of drug-likeness (QED) is 0.727. The second-order valence-corrected chi connectivity index (χ2v) is 6.88. The first kappa shape index (κ1) is 15.1. The maximum absolute atomic E-state index is 12.7. The summed E-state index contributed by atoms with van der Waals surface area (Å²) in [6.07, 6.45) is 1.73. The minimum atomic E-state index is 0.100. The van der Waals surface area contributed by atoms with Crippen LogP contribution in [0, 0.1) is 0 Å². The lowest BCUT2D eigenvalue weighted by molar-refractivity contribution is -0.118. The molecule has 5 nitrogen and oxygen atoms in total. The summed E-state index contributed by atoms with van der Waals surface area (Å²) < 4.78 is 5.27. The van der Waals surface area contributed by atoms with Gasteiger partial charge in [-0.25, -0.2) is 0 Å². The average molecular weight is 339 g/mol. The minimum absolute atomic E-state index is 0.100. The zero-order chi connectivity index (χ0) is 16.5. The highest BCUT2D eigenvalue weighted by Gasteiger charge is 2.30.